The van der Waals surface area contributed by atoms with Gasteiger partial charge in [0.25, 0.3) is 0 Å². The Morgan fingerprint density at radius 3 is 2.38 bits per heavy atom. The highest BCUT2D eigenvalue weighted by Crippen LogP contribution is 2.45. The van der Waals surface area contributed by atoms with Gasteiger partial charge in [-0.2, -0.15) is 0 Å². The van der Waals surface area contributed by atoms with Crippen LogP contribution in [0.1, 0.15) is 47.6 Å². The monoisotopic (exact) mass is 484 g/mol. The quantitative estimate of drug-likeness (QED) is 0.376. The van der Waals surface area contributed by atoms with Gasteiger partial charge in [0.05, 0.1) is 0 Å². The van der Waals surface area contributed by atoms with E-state index in [0.29, 0.717) is 29.4 Å². The second-order valence-electron chi connectivity index (χ2n) is 8.78. The second-order valence-corrected chi connectivity index (χ2v) is 10.5. The number of phenols is 1. The third-order valence-corrected chi connectivity index (χ3v) is 6.70. The molecule has 8 heteroatoms. The molecule has 0 saturated heterocycles. The first-order valence-electron chi connectivity index (χ1n) is 11.1. The Morgan fingerprint density at radius 2 is 1.68 bits per heavy atom. The van der Waals surface area contributed by atoms with Gasteiger partial charge in [0.15, 0.2) is 17.8 Å². The normalized spacial score (nSPS) is 14.2. The molecule has 1 heterocycles. The Labute approximate surface area is 199 Å². The molecular weight excluding hydrogens is 455 g/mol. The van der Waals surface area contributed by atoms with Crippen molar-refractivity contribution in [1.29, 1.82) is 0 Å². The fourth-order valence-electron chi connectivity index (χ4n) is 3.98. The molecule has 0 radical (unpaired) electrons. The zero-order valence-corrected chi connectivity index (χ0v) is 20.6. The van der Waals surface area contributed by atoms with Gasteiger partial charge in [-0.05, 0) is 84.3 Å². The van der Waals surface area contributed by atoms with E-state index in [1.807, 2.05) is 38.1 Å². The highest BCUT2D eigenvalue weighted by atomic mass is 31.2. The van der Waals surface area contributed by atoms with E-state index >= 15 is 0 Å². The Bertz CT molecular complexity index is 1230. The molecule has 1 aliphatic rings. The van der Waals surface area contributed by atoms with E-state index in [2.05, 4.69) is 13.8 Å². The third-order valence-electron chi connectivity index (χ3n) is 5.75. The van der Waals surface area contributed by atoms with Gasteiger partial charge in [0.2, 0.25) is 6.79 Å². The third kappa shape index (κ3) is 5.49. The Morgan fingerprint density at radius 1 is 0.971 bits per heavy atom. The van der Waals surface area contributed by atoms with Crippen molar-refractivity contribution in [3.8, 4) is 28.7 Å². The van der Waals surface area contributed by atoms with Crippen LogP contribution in [0.25, 0.3) is 0 Å². The summed E-state index contributed by atoms with van der Waals surface area (Å²) in [4.78, 5) is 10.3. The van der Waals surface area contributed by atoms with Crippen LogP contribution in [0.5, 0.6) is 28.7 Å². The summed E-state index contributed by atoms with van der Waals surface area (Å²) in [5.41, 5.74) is 5.21. The van der Waals surface area contributed by atoms with E-state index in [0.717, 1.165) is 27.8 Å². The predicted molar refractivity (Wildman–Crippen MR) is 129 cm³/mol. The minimum atomic E-state index is -4.06. The van der Waals surface area contributed by atoms with Crippen LogP contribution >= 0.6 is 7.60 Å². The minimum absolute atomic E-state index is 0.110. The number of aromatic hydroxyl groups is 1. The Hall–Kier alpha value is -3.15. The van der Waals surface area contributed by atoms with Gasteiger partial charge in [0.1, 0.15) is 17.2 Å². The lowest BCUT2D eigenvalue weighted by Crippen LogP contribution is -2.05. The van der Waals surface area contributed by atoms with Crippen LogP contribution < -0.4 is 18.7 Å². The summed E-state index contributed by atoms with van der Waals surface area (Å²) in [6.45, 7) is 8.19. The molecule has 2 N–H and O–H groups in total. The maximum Gasteiger partial charge on any atom is 0.413 e. The minimum Gasteiger partial charge on any atom is -0.508 e. The number of hydrogen-bond acceptors (Lipinski definition) is 6. The van der Waals surface area contributed by atoms with Crippen molar-refractivity contribution in [1.82, 2.24) is 0 Å². The van der Waals surface area contributed by atoms with E-state index in [1.54, 1.807) is 18.2 Å². The van der Waals surface area contributed by atoms with Crippen LogP contribution in [-0.2, 0) is 11.0 Å². The fraction of sp³-hybridized carbons (Fsp3) is 0.308. The topological polar surface area (TPSA) is 94.5 Å². The lowest BCUT2D eigenvalue weighted by molar-refractivity contribution is 0.174. The van der Waals surface area contributed by atoms with Gasteiger partial charge in [-0.25, -0.2) is 4.57 Å². The molecule has 7 nitrogen and oxygen atoms in total. The summed E-state index contributed by atoms with van der Waals surface area (Å²) in [5, 5.41) is 10.1. The fourth-order valence-corrected chi connectivity index (χ4v) is 4.79. The van der Waals surface area contributed by atoms with Crippen molar-refractivity contribution in [3.05, 3.63) is 76.3 Å². The summed E-state index contributed by atoms with van der Waals surface area (Å²) in [7, 11) is -4.06. The van der Waals surface area contributed by atoms with Crippen LogP contribution in [0.2, 0.25) is 0 Å². The van der Waals surface area contributed by atoms with Crippen molar-refractivity contribution in [2.45, 2.75) is 40.0 Å². The van der Waals surface area contributed by atoms with Crippen molar-refractivity contribution < 1.29 is 33.3 Å². The molecule has 0 fully saturated rings. The number of aryl methyl sites for hydroxylation is 2. The van der Waals surface area contributed by atoms with Gasteiger partial charge in [-0.15, -0.1) is 0 Å². The largest absolute Gasteiger partial charge is 0.508 e. The second kappa shape index (κ2) is 9.61. The highest BCUT2D eigenvalue weighted by molar-refractivity contribution is 7.53. The van der Waals surface area contributed by atoms with Crippen LogP contribution in [-0.4, -0.2) is 23.1 Å². The van der Waals surface area contributed by atoms with Crippen LogP contribution in [0.3, 0.4) is 0 Å². The van der Waals surface area contributed by atoms with Gasteiger partial charge in [-0.3, -0.25) is 0 Å². The van der Waals surface area contributed by atoms with E-state index in [-0.39, 0.29) is 18.5 Å². The zero-order valence-electron chi connectivity index (χ0n) is 19.7. The number of hydrogen-bond donors (Lipinski definition) is 2. The number of benzene rings is 3. The number of fused-ring (bicyclic) bond motifs is 1. The Balaban J connectivity index is 1.43. The average Bonchev–Trinajstić information content (AvgIpc) is 3.23. The molecule has 0 bridgehead atoms. The first kappa shape index (κ1) is 24.0. The lowest BCUT2D eigenvalue weighted by atomic mass is 9.93. The van der Waals surface area contributed by atoms with E-state index in [1.165, 1.54) is 6.07 Å². The standard InChI is InChI=1S/C26H29O7P/c1-16(2)22-11-19(5-7-24(22)27)12-23-17(3)9-21(10-18(23)4)32-15-34(28,29)33-20-6-8-25-26(13-20)31-14-30-25/h5-11,13,16,27H,12,14-15H2,1-4H3,(H,28,29). The molecule has 0 spiro atoms. The maximum atomic E-state index is 12.6. The molecular formula is C26H29O7P. The summed E-state index contributed by atoms with van der Waals surface area (Å²) in [5.74, 6) is 2.27. The van der Waals surface area contributed by atoms with Gasteiger partial charge >= 0.3 is 7.60 Å². The average molecular weight is 484 g/mol. The van der Waals surface area contributed by atoms with Crippen LogP contribution in [0.15, 0.2) is 48.5 Å². The van der Waals surface area contributed by atoms with Crippen LogP contribution in [0.4, 0.5) is 0 Å². The molecule has 0 aromatic heterocycles. The molecule has 0 amide bonds. The molecule has 3 aromatic carbocycles. The first-order chi connectivity index (χ1) is 16.1. The van der Waals surface area contributed by atoms with E-state index < -0.39 is 13.9 Å². The smallest absolute Gasteiger partial charge is 0.413 e. The summed E-state index contributed by atoms with van der Waals surface area (Å²) in [6, 6.07) is 14.1. The summed E-state index contributed by atoms with van der Waals surface area (Å²) < 4.78 is 34.0. The summed E-state index contributed by atoms with van der Waals surface area (Å²) >= 11 is 0. The molecule has 180 valence electrons. The van der Waals surface area contributed by atoms with Crippen molar-refractivity contribution in [2.75, 3.05) is 13.1 Å². The Kier molecular flexibility index (Phi) is 6.78. The highest BCUT2D eigenvalue weighted by Gasteiger charge is 2.24. The zero-order chi connectivity index (χ0) is 24.5. The first-order valence-corrected chi connectivity index (χ1v) is 12.8. The molecule has 34 heavy (non-hydrogen) atoms. The van der Waals surface area contributed by atoms with Crippen molar-refractivity contribution in [2.24, 2.45) is 0 Å². The van der Waals surface area contributed by atoms with Gasteiger partial charge in [-0.1, -0.05) is 26.0 Å². The maximum absolute atomic E-state index is 12.6. The number of phenolic OH excluding ortho intramolecular Hbond substituents is 1. The predicted octanol–water partition coefficient (Wildman–Crippen LogP) is 6.05. The van der Waals surface area contributed by atoms with Crippen molar-refractivity contribution >= 4 is 7.60 Å². The van der Waals surface area contributed by atoms with E-state index in [9.17, 15) is 14.6 Å². The molecule has 1 aliphatic heterocycles. The molecule has 1 atom stereocenters. The molecule has 0 aliphatic carbocycles. The number of rotatable bonds is 8. The van der Waals surface area contributed by atoms with Crippen molar-refractivity contribution in [3.63, 3.8) is 0 Å². The molecule has 1 unspecified atom stereocenters. The lowest BCUT2D eigenvalue weighted by Gasteiger charge is -2.17. The van der Waals surface area contributed by atoms with Gasteiger partial charge < -0.3 is 28.7 Å². The number of ether oxygens (including phenoxy) is 3. The SMILES string of the molecule is Cc1cc(OCP(=O)(O)Oc2ccc3c(c2)OCO3)cc(C)c1Cc1ccc(O)c(C(C)C)c1. The molecule has 4 rings (SSSR count). The van der Waals surface area contributed by atoms with E-state index in [4.69, 9.17) is 18.7 Å². The van der Waals surface area contributed by atoms with Gasteiger partial charge in [0, 0.05) is 6.07 Å². The molecule has 3 aromatic rings. The summed E-state index contributed by atoms with van der Waals surface area (Å²) in [6.07, 6.45) is 0.221. The molecule has 0 saturated carbocycles. The van der Waals surface area contributed by atoms with Crippen LogP contribution in [0, 0.1) is 13.8 Å².